The molecule has 106 valence electrons. The van der Waals surface area contributed by atoms with E-state index in [1.807, 2.05) is 12.1 Å². The van der Waals surface area contributed by atoms with Gasteiger partial charge in [0.25, 0.3) is 5.91 Å². The zero-order valence-corrected chi connectivity index (χ0v) is 12.1. The lowest BCUT2D eigenvalue weighted by molar-refractivity contribution is 0.102. The number of amides is 1. The van der Waals surface area contributed by atoms with E-state index in [0.717, 1.165) is 10.2 Å². The molecular weight excluding hydrogens is 286 g/mol. The first-order valence-electron chi connectivity index (χ1n) is 6.30. The molecule has 5 nitrogen and oxygen atoms in total. The predicted octanol–water partition coefficient (Wildman–Crippen LogP) is 3.14. The molecule has 21 heavy (non-hydrogen) atoms. The Bertz CT molecular complexity index is 842. The van der Waals surface area contributed by atoms with Gasteiger partial charge in [-0.1, -0.05) is 17.4 Å². The van der Waals surface area contributed by atoms with E-state index >= 15 is 0 Å². The van der Waals surface area contributed by atoms with Gasteiger partial charge in [0.15, 0.2) is 5.13 Å². The van der Waals surface area contributed by atoms with Crippen LogP contribution < -0.4 is 11.1 Å². The van der Waals surface area contributed by atoms with Crippen molar-refractivity contribution in [2.45, 2.75) is 6.92 Å². The van der Waals surface area contributed by atoms with E-state index < -0.39 is 0 Å². The molecule has 1 heterocycles. The van der Waals surface area contributed by atoms with E-state index in [2.05, 4.69) is 10.3 Å². The summed E-state index contributed by atoms with van der Waals surface area (Å²) in [5, 5.41) is 12.9. The Kier molecular flexibility index (Phi) is 3.23. The summed E-state index contributed by atoms with van der Waals surface area (Å²) in [6.07, 6.45) is 0. The third-order valence-electron chi connectivity index (χ3n) is 3.18. The van der Waals surface area contributed by atoms with Crippen LogP contribution in [-0.4, -0.2) is 16.0 Å². The molecule has 0 radical (unpaired) electrons. The number of phenols is 1. The molecular formula is C15H13N3O2S. The number of hydrogen-bond acceptors (Lipinski definition) is 5. The summed E-state index contributed by atoms with van der Waals surface area (Å²) in [6, 6.07) is 10.3. The number of aromatic hydroxyl groups is 1. The van der Waals surface area contributed by atoms with Gasteiger partial charge in [-0.05, 0) is 37.3 Å². The molecule has 0 saturated carbocycles. The van der Waals surface area contributed by atoms with Crippen molar-refractivity contribution in [3.05, 3.63) is 47.5 Å². The number of nitrogen functional groups attached to an aromatic ring is 1. The minimum Gasteiger partial charge on any atom is -0.508 e. The summed E-state index contributed by atoms with van der Waals surface area (Å²) in [7, 11) is 0. The zero-order chi connectivity index (χ0) is 15.0. The highest BCUT2D eigenvalue weighted by molar-refractivity contribution is 7.22. The predicted molar refractivity (Wildman–Crippen MR) is 84.8 cm³/mol. The number of carbonyl (C=O) groups is 1. The van der Waals surface area contributed by atoms with Crippen molar-refractivity contribution in [3.63, 3.8) is 0 Å². The number of nitrogens with zero attached hydrogens (tertiary/aromatic N) is 1. The highest BCUT2D eigenvalue weighted by Gasteiger charge is 2.13. The molecule has 3 rings (SSSR count). The number of fused-ring (bicyclic) bond motifs is 1. The minimum atomic E-state index is -0.296. The first kappa shape index (κ1) is 13.4. The monoisotopic (exact) mass is 299 g/mol. The average Bonchev–Trinajstić information content (AvgIpc) is 2.83. The standard InChI is InChI=1S/C15H13N3O2S/c1-8-10(3-2-4-12(8)19)14(20)18-15-17-11-6-5-9(16)7-13(11)21-15/h2-7,19H,16H2,1H3,(H,17,18,20). The number of thiazole rings is 1. The van der Waals surface area contributed by atoms with Gasteiger partial charge < -0.3 is 10.8 Å². The molecule has 0 fully saturated rings. The molecule has 0 saturated heterocycles. The fourth-order valence-corrected chi connectivity index (χ4v) is 2.94. The van der Waals surface area contributed by atoms with E-state index in [1.165, 1.54) is 11.3 Å². The number of rotatable bonds is 2. The number of phenolic OH excluding ortho intramolecular Hbond substituents is 1. The van der Waals surface area contributed by atoms with Crippen LogP contribution in [0.3, 0.4) is 0 Å². The Morgan fingerprint density at radius 2 is 2.14 bits per heavy atom. The molecule has 0 atom stereocenters. The maximum atomic E-state index is 12.3. The van der Waals surface area contributed by atoms with Crippen LogP contribution in [0.1, 0.15) is 15.9 Å². The quantitative estimate of drug-likeness (QED) is 0.634. The summed E-state index contributed by atoms with van der Waals surface area (Å²) in [5.74, 6) is -0.199. The summed E-state index contributed by atoms with van der Waals surface area (Å²) in [5.41, 5.74) is 8.14. The molecule has 0 unspecified atom stereocenters. The lowest BCUT2D eigenvalue weighted by Gasteiger charge is -2.06. The molecule has 3 aromatic rings. The molecule has 1 amide bonds. The SMILES string of the molecule is Cc1c(O)cccc1C(=O)Nc1nc2ccc(N)cc2s1. The lowest BCUT2D eigenvalue weighted by atomic mass is 10.1. The Morgan fingerprint density at radius 1 is 1.33 bits per heavy atom. The van der Waals surface area contributed by atoms with Crippen molar-refractivity contribution >= 4 is 38.3 Å². The van der Waals surface area contributed by atoms with Gasteiger partial charge in [0.2, 0.25) is 0 Å². The molecule has 0 aliphatic heterocycles. The maximum absolute atomic E-state index is 12.3. The number of hydrogen-bond donors (Lipinski definition) is 3. The van der Waals surface area contributed by atoms with Crippen LogP contribution in [0.15, 0.2) is 36.4 Å². The Hall–Kier alpha value is -2.60. The molecule has 0 aliphatic rings. The fraction of sp³-hybridized carbons (Fsp3) is 0.0667. The van der Waals surface area contributed by atoms with Gasteiger partial charge in [-0.25, -0.2) is 4.98 Å². The summed E-state index contributed by atoms with van der Waals surface area (Å²) in [6.45, 7) is 1.70. The van der Waals surface area contributed by atoms with Crippen molar-refractivity contribution in [1.82, 2.24) is 4.98 Å². The molecule has 2 aromatic carbocycles. The lowest BCUT2D eigenvalue weighted by Crippen LogP contribution is -2.13. The second-order valence-electron chi connectivity index (χ2n) is 4.65. The first-order valence-corrected chi connectivity index (χ1v) is 7.12. The first-order chi connectivity index (χ1) is 10.0. The number of nitrogens with one attached hydrogen (secondary N) is 1. The van der Waals surface area contributed by atoms with Gasteiger partial charge in [-0.2, -0.15) is 0 Å². The Balaban J connectivity index is 1.91. The minimum absolute atomic E-state index is 0.0970. The van der Waals surface area contributed by atoms with Crippen LogP contribution in [0.5, 0.6) is 5.75 Å². The fourth-order valence-electron chi connectivity index (χ4n) is 2.03. The number of benzene rings is 2. The van der Waals surface area contributed by atoms with Gasteiger partial charge in [0.1, 0.15) is 5.75 Å². The van der Waals surface area contributed by atoms with Crippen molar-refractivity contribution < 1.29 is 9.90 Å². The van der Waals surface area contributed by atoms with Crippen LogP contribution in [-0.2, 0) is 0 Å². The molecule has 0 bridgehead atoms. The van der Waals surface area contributed by atoms with Gasteiger partial charge in [0.05, 0.1) is 10.2 Å². The summed E-state index contributed by atoms with van der Waals surface area (Å²) in [4.78, 5) is 16.6. The second-order valence-corrected chi connectivity index (χ2v) is 5.68. The molecule has 0 spiro atoms. The smallest absolute Gasteiger partial charge is 0.257 e. The second kappa shape index (κ2) is 5.06. The van der Waals surface area contributed by atoms with E-state index in [1.54, 1.807) is 31.2 Å². The highest BCUT2D eigenvalue weighted by atomic mass is 32.1. The Morgan fingerprint density at radius 3 is 2.95 bits per heavy atom. The van der Waals surface area contributed by atoms with Crippen LogP contribution in [0.2, 0.25) is 0 Å². The largest absolute Gasteiger partial charge is 0.508 e. The van der Waals surface area contributed by atoms with Crippen LogP contribution >= 0.6 is 11.3 Å². The van der Waals surface area contributed by atoms with Crippen molar-refractivity contribution in [3.8, 4) is 5.75 Å². The zero-order valence-electron chi connectivity index (χ0n) is 11.3. The summed E-state index contributed by atoms with van der Waals surface area (Å²) < 4.78 is 0.915. The van der Waals surface area contributed by atoms with Crippen LogP contribution in [0.25, 0.3) is 10.2 Å². The van der Waals surface area contributed by atoms with Gasteiger partial charge in [-0.15, -0.1) is 0 Å². The Labute approximate surface area is 125 Å². The number of nitrogens with two attached hydrogens (primary N) is 1. The molecule has 0 aliphatic carbocycles. The molecule has 1 aromatic heterocycles. The van der Waals surface area contributed by atoms with E-state index in [4.69, 9.17) is 5.73 Å². The summed E-state index contributed by atoms with van der Waals surface area (Å²) >= 11 is 1.36. The van der Waals surface area contributed by atoms with Crippen molar-refractivity contribution in [2.75, 3.05) is 11.1 Å². The number of carbonyl (C=O) groups excluding carboxylic acids is 1. The van der Waals surface area contributed by atoms with E-state index in [9.17, 15) is 9.90 Å². The number of aromatic nitrogens is 1. The average molecular weight is 299 g/mol. The van der Waals surface area contributed by atoms with Crippen molar-refractivity contribution in [2.24, 2.45) is 0 Å². The third-order valence-corrected chi connectivity index (χ3v) is 4.12. The van der Waals surface area contributed by atoms with Gasteiger partial charge >= 0.3 is 0 Å². The van der Waals surface area contributed by atoms with E-state index in [-0.39, 0.29) is 11.7 Å². The van der Waals surface area contributed by atoms with Gasteiger partial charge in [-0.3, -0.25) is 10.1 Å². The number of anilines is 2. The molecule has 4 N–H and O–H groups in total. The molecule has 6 heteroatoms. The topological polar surface area (TPSA) is 88.2 Å². The van der Waals surface area contributed by atoms with Crippen molar-refractivity contribution in [1.29, 1.82) is 0 Å². The highest BCUT2D eigenvalue weighted by Crippen LogP contribution is 2.28. The normalized spacial score (nSPS) is 10.7. The van der Waals surface area contributed by atoms with Crippen LogP contribution in [0, 0.1) is 6.92 Å². The van der Waals surface area contributed by atoms with Gasteiger partial charge in [0, 0.05) is 16.8 Å². The van der Waals surface area contributed by atoms with Crippen LogP contribution in [0.4, 0.5) is 10.8 Å². The maximum Gasteiger partial charge on any atom is 0.257 e. The van der Waals surface area contributed by atoms with E-state index in [0.29, 0.717) is 21.9 Å². The third kappa shape index (κ3) is 2.53.